The van der Waals surface area contributed by atoms with Crippen molar-refractivity contribution in [3.8, 4) is 0 Å². The molecule has 0 fully saturated rings. The van der Waals surface area contributed by atoms with Crippen molar-refractivity contribution in [2.45, 2.75) is 25.9 Å². The molecule has 1 atom stereocenters. The van der Waals surface area contributed by atoms with Crippen molar-refractivity contribution in [2.24, 2.45) is 0 Å². The zero-order valence-electron chi connectivity index (χ0n) is 10.7. The minimum atomic E-state index is 0.520. The van der Waals surface area contributed by atoms with Crippen molar-refractivity contribution >= 4 is 28.9 Å². The van der Waals surface area contributed by atoms with E-state index < -0.39 is 0 Å². The van der Waals surface area contributed by atoms with Gasteiger partial charge in [0.15, 0.2) is 0 Å². The number of hydrogen-bond acceptors (Lipinski definition) is 1. The normalized spacial score (nSPS) is 17.6. The lowest BCUT2D eigenvalue weighted by Gasteiger charge is -2.25. The number of anilines is 1. The minimum absolute atomic E-state index is 0.520. The molecule has 0 aromatic heterocycles. The highest BCUT2D eigenvalue weighted by Gasteiger charge is 2.25. The Bertz CT molecular complexity index is 609. The molecule has 0 spiro atoms. The first kappa shape index (κ1) is 12.8. The number of para-hydroxylation sites is 1. The number of hydrogen-bond donors (Lipinski definition) is 0. The quantitative estimate of drug-likeness (QED) is 0.757. The van der Waals surface area contributed by atoms with Gasteiger partial charge in [0.2, 0.25) is 0 Å². The molecule has 0 N–H and O–H groups in total. The van der Waals surface area contributed by atoms with Crippen LogP contribution in [-0.2, 0) is 13.0 Å². The molecule has 0 aliphatic carbocycles. The maximum absolute atomic E-state index is 6.09. The van der Waals surface area contributed by atoms with Crippen molar-refractivity contribution < 1.29 is 0 Å². The Morgan fingerprint density at radius 3 is 2.68 bits per heavy atom. The SMILES string of the molecule is CC1Cc2ccccc2N1Cc1ccc(Cl)c(Cl)c1. The second-order valence-corrected chi connectivity index (χ2v) is 5.87. The molecule has 2 aromatic carbocycles. The maximum atomic E-state index is 6.09. The fourth-order valence-electron chi connectivity index (χ4n) is 2.71. The van der Waals surface area contributed by atoms with E-state index in [9.17, 15) is 0 Å². The minimum Gasteiger partial charge on any atom is -0.364 e. The van der Waals surface area contributed by atoms with Gasteiger partial charge in [-0.05, 0) is 42.7 Å². The van der Waals surface area contributed by atoms with Crippen LogP contribution in [0.3, 0.4) is 0 Å². The number of fused-ring (bicyclic) bond motifs is 1. The van der Waals surface area contributed by atoms with Crippen LogP contribution in [0.1, 0.15) is 18.1 Å². The number of benzene rings is 2. The van der Waals surface area contributed by atoms with E-state index >= 15 is 0 Å². The summed E-state index contributed by atoms with van der Waals surface area (Å²) in [6, 6.07) is 15.0. The van der Waals surface area contributed by atoms with Gasteiger partial charge in [-0.1, -0.05) is 47.5 Å². The van der Waals surface area contributed by atoms with E-state index in [1.54, 1.807) is 0 Å². The topological polar surface area (TPSA) is 3.24 Å². The Hall–Kier alpha value is -1.18. The summed E-state index contributed by atoms with van der Waals surface area (Å²) >= 11 is 12.0. The smallest absolute Gasteiger partial charge is 0.0595 e. The van der Waals surface area contributed by atoms with Crippen molar-refractivity contribution in [2.75, 3.05) is 4.90 Å². The van der Waals surface area contributed by atoms with Gasteiger partial charge in [-0.2, -0.15) is 0 Å². The molecule has 3 rings (SSSR count). The van der Waals surface area contributed by atoms with Crippen molar-refractivity contribution in [3.63, 3.8) is 0 Å². The van der Waals surface area contributed by atoms with E-state index in [4.69, 9.17) is 23.2 Å². The Balaban J connectivity index is 1.89. The predicted molar refractivity (Wildman–Crippen MR) is 82.3 cm³/mol. The molecule has 0 saturated heterocycles. The summed E-state index contributed by atoms with van der Waals surface area (Å²) in [5, 5.41) is 1.24. The predicted octanol–water partition coefficient (Wildman–Crippen LogP) is 4.94. The number of nitrogens with zero attached hydrogens (tertiary/aromatic N) is 1. The van der Waals surface area contributed by atoms with Crippen molar-refractivity contribution in [1.82, 2.24) is 0 Å². The lowest BCUT2D eigenvalue weighted by molar-refractivity contribution is 0.672. The third kappa shape index (κ3) is 2.45. The van der Waals surface area contributed by atoms with E-state index in [0.717, 1.165) is 13.0 Å². The number of rotatable bonds is 2. The van der Waals surface area contributed by atoms with Crippen LogP contribution in [-0.4, -0.2) is 6.04 Å². The maximum Gasteiger partial charge on any atom is 0.0595 e. The Morgan fingerprint density at radius 2 is 1.89 bits per heavy atom. The van der Waals surface area contributed by atoms with Gasteiger partial charge in [-0.25, -0.2) is 0 Å². The van der Waals surface area contributed by atoms with E-state index in [0.29, 0.717) is 16.1 Å². The van der Waals surface area contributed by atoms with Crippen LogP contribution < -0.4 is 4.90 Å². The largest absolute Gasteiger partial charge is 0.364 e. The summed E-state index contributed by atoms with van der Waals surface area (Å²) in [5.41, 5.74) is 3.95. The van der Waals surface area contributed by atoms with Gasteiger partial charge >= 0.3 is 0 Å². The molecular weight excluding hydrogens is 277 g/mol. The number of halogens is 2. The van der Waals surface area contributed by atoms with Crippen LogP contribution in [0.5, 0.6) is 0 Å². The van der Waals surface area contributed by atoms with Crippen LogP contribution >= 0.6 is 23.2 Å². The molecule has 2 aromatic rings. The van der Waals surface area contributed by atoms with Gasteiger partial charge < -0.3 is 4.90 Å². The first-order chi connectivity index (χ1) is 9.15. The van der Waals surface area contributed by atoms with Crippen LogP contribution in [0.2, 0.25) is 10.0 Å². The van der Waals surface area contributed by atoms with Crippen LogP contribution in [0.15, 0.2) is 42.5 Å². The third-order valence-corrected chi connectivity index (χ3v) is 4.42. The van der Waals surface area contributed by atoms with E-state index in [2.05, 4.69) is 36.1 Å². The van der Waals surface area contributed by atoms with Crippen LogP contribution in [0.25, 0.3) is 0 Å². The average molecular weight is 292 g/mol. The molecule has 1 unspecified atom stereocenters. The van der Waals surface area contributed by atoms with E-state index in [-0.39, 0.29) is 0 Å². The molecule has 0 radical (unpaired) electrons. The molecule has 0 amide bonds. The standard InChI is InChI=1S/C16H15Cl2N/c1-11-8-13-4-2-3-5-16(13)19(11)10-12-6-7-14(17)15(18)9-12/h2-7,9,11H,8,10H2,1H3. The summed E-state index contributed by atoms with van der Waals surface area (Å²) in [7, 11) is 0. The third-order valence-electron chi connectivity index (χ3n) is 3.69. The Labute approximate surface area is 123 Å². The van der Waals surface area contributed by atoms with Crippen molar-refractivity contribution in [1.29, 1.82) is 0 Å². The molecule has 3 heteroatoms. The summed E-state index contributed by atoms with van der Waals surface area (Å²) in [6.07, 6.45) is 1.11. The fourth-order valence-corrected chi connectivity index (χ4v) is 3.03. The van der Waals surface area contributed by atoms with Gasteiger partial charge in [0.25, 0.3) is 0 Å². The second kappa shape index (κ2) is 5.07. The summed E-state index contributed by atoms with van der Waals surface area (Å²) in [5.74, 6) is 0. The molecule has 1 aliphatic rings. The zero-order valence-corrected chi connectivity index (χ0v) is 12.2. The lowest BCUT2D eigenvalue weighted by Crippen LogP contribution is -2.28. The average Bonchev–Trinajstić information content (AvgIpc) is 2.71. The second-order valence-electron chi connectivity index (χ2n) is 5.06. The molecular formula is C16H15Cl2N. The van der Waals surface area contributed by atoms with Crippen LogP contribution in [0, 0.1) is 0 Å². The van der Waals surface area contributed by atoms with Gasteiger partial charge in [0.1, 0.15) is 0 Å². The lowest BCUT2D eigenvalue weighted by atomic mass is 10.1. The van der Waals surface area contributed by atoms with Crippen LogP contribution in [0.4, 0.5) is 5.69 Å². The molecule has 0 bridgehead atoms. The van der Waals surface area contributed by atoms with E-state index in [1.165, 1.54) is 16.8 Å². The van der Waals surface area contributed by atoms with Gasteiger partial charge in [0.05, 0.1) is 10.0 Å². The van der Waals surface area contributed by atoms with Gasteiger partial charge in [0, 0.05) is 18.3 Å². The first-order valence-electron chi connectivity index (χ1n) is 6.43. The molecule has 98 valence electrons. The highest BCUT2D eigenvalue weighted by atomic mass is 35.5. The van der Waals surface area contributed by atoms with Gasteiger partial charge in [-0.3, -0.25) is 0 Å². The van der Waals surface area contributed by atoms with Crippen molar-refractivity contribution in [3.05, 3.63) is 63.6 Å². The highest BCUT2D eigenvalue weighted by molar-refractivity contribution is 6.42. The van der Waals surface area contributed by atoms with Gasteiger partial charge in [-0.15, -0.1) is 0 Å². The summed E-state index contributed by atoms with van der Waals surface area (Å²) in [6.45, 7) is 3.13. The Morgan fingerprint density at radius 1 is 1.11 bits per heavy atom. The highest BCUT2D eigenvalue weighted by Crippen LogP contribution is 2.33. The summed E-state index contributed by atoms with van der Waals surface area (Å²) in [4.78, 5) is 2.43. The molecule has 0 saturated carbocycles. The molecule has 19 heavy (non-hydrogen) atoms. The molecule has 1 aliphatic heterocycles. The zero-order chi connectivity index (χ0) is 13.4. The molecule has 1 nitrogen and oxygen atoms in total. The monoisotopic (exact) mass is 291 g/mol. The van der Waals surface area contributed by atoms with E-state index in [1.807, 2.05) is 18.2 Å². The fraction of sp³-hybridized carbons (Fsp3) is 0.250. The first-order valence-corrected chi connectivity index (χ1v) is 7.19. The molecule has 1 heterocycles. The summed E-state index contributed by atoms with van der Waals surface area (Å²) < 4.78 is 0. The Kier molecular flexibility index (Phi) is 3.42.